The third-order valence-electron chi connectivity index (χ3n) is 8.81. The average Bonchev–Trinajstić information content (AvgIpc) is 3.57. The molecule has 0 bridgehead atoms. The van der Waals surface area contributed by atoms with Gasteiger partial charge in [0.05, 0.1) is 12.2 Å². The van der Waals surface area contributed by atoms with E-state index in [9.17, 15) is 19.2 Å². The SMILES string of the molecule is CC(C)C[C@@H](NC(=O)[C@@H](Cc1ccccc1)NC(=O)[C@H](N)Cc1ccccc1)C(=O)N[C@H](CCCCCN)C(=O)N1CCc2[nH]ncc2C1. The number of aromatic amines is 1. The van der Waals surface area contributed by atoms with Gasteiger partial charge >= 0.3 is 0 Å². The zero-order chi connectivity index (χ0) is 35.2. The molecule has 0 aliphatic carbocycles. The summed E-state index contributed by atoms with van der Waals surface area (Å²) < 4.78 is 0. The van der Waals surface area contributed by atoms with Gasteiger partial charge in [-0.1, -0.05) is 87.4 Å². The van der Waals surface area contributed by atoms with Crippen molar-refractivity contribution in [1.29, 1.82) is 0 Å². The number of hydrogen-bond donors (Lipinski definition) is 6. The van der Waals surface area contributed by atoms with Crippen molar-refractivity contribution in [3.63, 3.8) is 0 Å². The fourth-order valence-electron chi connectivity index (χ4n) is 6.10. The fraction of sp³-hybridized carbons (Fsp3) is 0.486. The number of fused-ring (bicyclic) bond motifs is 1. The van der Waals surface area contributed by atoms with Crippen molar-refractivity contribution in [2.45, 2.75) is 95.9 Å². The first-order valence-corrected chi connectivity index (χ1v) is 17.4. The van der Waals surface area contributed by atoms with Crippen LogP contribution in [0.1, 0.15) is 68.3 Å². The van der Waals surface area contributed by atoms with Gasteiger partial charge in [0.15, 0.2) is 0 Å². The van der Waals surface area contributed by atoms with Gasteiger partial charge < -0.3 is 32.3 Å². The molecule has 1 aliphatic rings. The standard InChI is InChI=1S/C37H52N8O4/c1-25(2)20-32(35(47)41-31(16-10-5-11-18-38)37(49)45-19-17-30-28(24-45)23-40-44-30)43-36(48)33(22-27-14-8-4-9-15-27)42-34(46)29(39)21-26-12-6-3-7-13-26/h3-4,6-9,12-15,23,25,29,31-33H,5,10-11,16-22,24,38-39H2,1-2H3,(H,40,44)(H,41,47)(H,42,46)(H,43,48)/t29-,31-,32-,33-/m1/s1. The molecule has 2 heterocycles. The minimum Gasteiger partial charge on any atom is -0.343 e. The molecule has 4 amide bonds. The van der Waals surface area contributed by atoms with E-state index in [-0.39, 0.29) is 18.2 Å². The highest BCUT2D eigenvalue weighted by molar-refractivity contribution is 5.95. The summed E-state index contributed by atoms with van der Waals surface area (Å²) in [5.41, 5.74) is 15.7. The molecule has 49 heavy (non-hydrogen) atoms. The number of nitrogens with one attached hydrogen (secondary N) is 4. The van der Waals surface area contributed by atoms with Crippen LogP contribution in [0.4, 0.5) is 0 Å². The molecule has 2 aromatic carbocycles. The molecular weight excluding hydrogens is 620 g/mol. The minimum absolute atomic E-state index is 0.0535. The molecular formula is C37H52N8O4. The van der Waals surface area contributed by atoms with E-state index >= 15 is 0 Å². The normalized spacial score (nSPS) is 15.1. The summed E-state index contributed by atoms with van der Waals surface area (Å²) in [6.45, 7) is 5.41. The first-order chi connectivity index (χ1) is 23.6. The Hall–Kier alpha value is -4.55. The number of aromatic nitrogens is 2. The molecule has 8 N–H and O–H groups in total. The molecule has 0 unspecified atom stereocenters. The van der Waals surface area contributed by atoms with E-state index in [0.29, 0.717) is 51.7 Å². The van der Waals surface area contributed by atoms with E-state index in [0.717, 1.165) is 35.2 Å². The minimum atomic E-state index is -0.981. The molecule has 12 heteroatoms. The maximum absolute atomic E-state index is 13.9. The summed E-state index contributed by atoms with van der Waals surface area (Å²) in [5.74, 6) is -1.51. The lowest BCUT2D eigenvalue weighted by Crippen LogP contribution is -2.58. The molecule has 0 spiro atoms. The highest BCUT2D eigenvalue weighted by Crippen LogP contribution is 2.19. The monoisotopic (exact) mass is 672 g/mol. The zero-order valence-electron chi connectivity index (χ0n) is 28.7. The number of nitrogens with zero attached hydrogens (tertiary/aromatic N) is 2. The number of hydrogen-bond acceptors (Lipinski definition) is 7. The second kappa shape index (κ2) is 18.8. The van der Waals surface area contributed by atoms with Crippen molar-refractivity contribution in [2.75, 3.05) is 13.1 Å². The van der Waals surface area contributed by atoms with Crippen molar-refractivity contribution in [3.05, 3.63) is 89.2 Å². The summed E-state index contributed by atoms with van der Waals surface area (Å²) in [6.07, 6.45) is 6.08. The Labute approximate surface area is 289 Å². The topological polar surface area (TPSA) is 188 Å². The van der Waals surface area contributed by atoms with Gasteiger partial charge in [-0.25, -0.2) is 0 Å². The maximum Gasteiger partial charge on any atom is 0.245 e. The van der Waals surface area contributed by atoms with Gasteiger partial charge in [0.25, 0.3) is 0 Å². The predicted octanol–water partition coefficient (Wildman–Crippen LogP) is 2.13. The van der Waals surface area contributed by atoms with Gasteiger partial charge in [0, 0.05) is 37.2 Å². The van der Waals surface area contributed by atoms with E-state index in [4.69, 9.17) is 11.5 Å². The quantitative estimate of drug-likeness (QED) is 0.112. The zero-order valence-corrected chi connectivity index (χ0v) is 28.7. The predicted molar refractivity (Wildman–Crippen MR) is 189 cm³/mol. The van der Waals surface area contributed by atoms with Gasteiger partial charge in [-0.15, -0.1) is 0 Å². The summed E-state index contributed by atoms with van der Waals surface area (Å²) in [4.78, 5) is 56.7. The molecule has 1 aliphatic heterocycles. The Kier molecular flexibility index (Phi) is 14.3. The Bertz CT molecular complexity index is 1500. The summed E-state index contributed by atoms with van der Waals surface area (Å²) in [5, 5.41) is 15.8. The number of unbranched alkanes of at least 4 members (excludes halogenated alkanes) is 2. The van der Waals surface area contributed by atoms with Gasteiger partial charge in [0.1, 0.15) is 18.1 Å². The number of carbonyl (C=O) groups excluding carboxylic acids is 4. The van der Waals surface area contributed by atoms with Crippen LogP contribution in [0, 0.1) is 5.92 Å². The third kappa shape index (κ3) is 11.5. The van der Waals surface area contributed by atoms with Crippen LogP contribution in [0.25, 0.3) is 0 Å². The van der Waals surface area contributed by atoms with Crippen LogP contribution in [0.2, 0.25) is 0 Å². The molecule has 4 atom stereocenters. The molecule has 264 valence electrons. The summed E-state index contributed by atoms with van der Waals surface area (Å²) in [7, 11) is 0. The summed E-state index contributed by atoms with van der Waals surface area (Å²) in [6, 6.07) is 15.3. The molecule has 0 saturated heterocycles. The van der Waals surface area contributed by atoms with Gasteiger partial charge in [-0.2, -0.15) is 5.10 Å². The number of H-pyrrole nitrogens is 1. The highest BCUT2D eigenvalue weighted by atomic mass is 16.2. The van der Waals surface area contributed by atoms with Crippen molar-refractivity contribution in [1.82, 2.24) is 31.0 Å². The molecule has 1 aromatic heterocycles. The van der Waals surface area contributed by atoms with Gasteiger partial charge in [-0.05, 0) is 49.3 Å². The molecule has 4 rings (SSSR count). The first kappa shape index (κ1) is 37.3. The van der Waals surface area contributed by atoms with Gasteiger partial charge in [-0.3, -0.25) is 24.3 Å². The number of benzene rings is 2. The highest BCUT2D eigenvalue weighted by Gasteiger charge is 2.33. The van der Waals surface area contributed by atoms with Crippen LogP contribution in [0.15, 0.2) is 66.9 Å². The molecule has 0 saturated carbocycles. The molecule has 3 aromatic rings. The average molecular weight is 673 g/mol. The Morgan fingerprint density at radius 1 is 0.816 bits per heavy atom. The van der Waals surface area contributed by atoms with Crippen molar-refractivity contribution in [2.24, 2.45) is 17.4 Å². The largest absolute Gasteiger partial charge is 0.343 e. The Morgan fingerprint density at radius 3 is 2.08 bits per heavy atom. The number of rotatable bonds is 18. The number of amides is 4. The fourth-order valence-corrected chi connectivity index (χ4v) is 6.10. The Morgan fingerprint density at radius 2 is 1.43 bits per heavy atom. The summed E-state index contributed by atoms with van der Waals surface area (Å²) >= 11 is 0. The lowest BCUT2D eigenvalue weighted by Gasteiger charge is -2.32. The van der Waals surface area contributed by atoms with Gasteiger partial charge in [0.2, 0.25) is 23.6 Å². The Balaban J connectivity index is 1.48. The van der Waals surface area contributed by atoms with Crippen LogP contribution in [-0.2, 0) is 45.0 Å². The lowest BCUT2D eigenvalue weighted by molar-refractivity contribution is -0.138. The van der Waals surface area contributed by atoms with Crippen molar-refractivity contribution in [3.8, 4) is 0 Å². The van der Waals surface area contributed by atoms with E-state index in [1.54, 1.807) is 11.1 Å². The van der Waals surface area contributed by atoms with E-state index in [1.165, 1.54) is 0 Å². The number of nitrogens with two attached hydrogens (primary N) is 2. The van der Waals surface area contributed by atoms with Crippen LogP contribution >= 0.6 is 0 Å². The van der Waals surface area contributed by atoms with E-state index < -0.39 is 41.9 Å². The third-order valence-corrected chi connectivity index (χ3v) is 8.81. The second-order valence-corrected chi connectivity index (χ2v) is 13.3. The lowest BCUT2D eigenvalue weighted by atomic mass is 9.99. The maximum atomic E-state index is 13.9. The second-order valence-electron chi connectivity index (χ2n) is 13.3. The smallest absolute Gasteiger partial charge is 0.245 e. The van der Waals surface area contributed by atoms with Crippen LogP contribution in [-0.4, -0.2) is 76.0 Å². The van der Waals surface area contributed by atoms with Crippen LogP contribution in [0.3, 0.4) is 0 Å². The first-order valence-electron chi connectivity index (χ1n) is 17.4. The van der Waals surface area contributed by atoms with E-state index in [2.05, 4.69) is 26.1 Å². The molecule has 0 radical (unpaired) electrons. The van der Waals surface area contributed by atoms with Crippen LogP contribution in [0.5, 0.6) is 0 Å². The van der Waals surface area contributed by atoms with Crippen LogP contribution < -0.4 is 27.4 Å². The number of carbonyl (C=O) groups is 4. The van der Waals surface area contributed by atoms with Crippen molar-refractivity contribution >= 4 is 23.6 Å². The van der Waals surface area contributed by atoms with E-state index in [1.807, 2.05) is 74.5 Å². The molecule has 0 fully saturated rings. The molecule has 12 nitrogen and oxygen atoms in total. The van der Waals surface area contributed by atoms with Crippen molar-refractivity contribution < 1.29 is 19.2 Å².